The van der Waals surface area contributed by atoms with E-state index in [2.05, 4.69) is 19.9 Å². The van der Waals surface area contributed by atoms with E-state index in [-0.39, 0.29) is 17.4 Å². The molecule has 152 valence electrons. The van der Waals surface area contributed by atoms with Crippen LogP contribution in [-0.2, 0) is 0 Å². The fourth-order valence-electron chi connectivity index (χ4n) is 3.36. The molecule has 1 aromatic carbocycles. The van der Waals surface area contributed by atoms with Crippen LogP contribution in [0.4, 0.5) is 4.39 Å². The van der Waals surface area contributed by atoms with Crippen molar-refractivity contribution in [2.24, 2.45) is 0 Å². The van der Waals surface area contributed by atoms with E-state index >= 15 is 0 Å². The first kappa shape index (κ1) is 20.0. The molecule has 1 amide bonds. The molecule has 30 heavy (non-hydrogen) atoms. The van der Waals surface area contributed by atoms with Gasteiger partial charge in [0.2, 0.25) is 0 Å². The molecule has 0 saturated carbocycles. The van der Waals surface area contributed by atoms with E-state index < -0.39 is 0 Å². The number of benzene rings is 1. The Morgan fingerprint density at radius 3 is 2.53 bits per heavy atom. The first-order valence-corrected chi connectivity index (χ1v) is 9.94. The average molecular weight is 424 g/mol. The summed E-state index contributed by atoms with van der Waals surface area (Å²) in [5.74, 6) is -0.499. The molecule has 0 aliphatic heterocycles. The predicted molar refractivity (Wildman–Crippen MR) is 115 cm³/mol. The number of pyridine rings is 1. The van der Waals surface area contributed by atoms with E-state index in [9.17, 15) is 9.18 Å². The summed E-state index contributed by atoms with van der Waals surface area (Å²) in [5, 5.41) is 1.13. The molecule has 3 aromatic heterocycles. The third-order valence-electron chi connectivity index (χ3n) is 4.97. The van der Waals surface area contributed by atoms with Crippen LogP contribution in [0, 0.1) is 5.82 Å². The molecule has 0 unspecified atom stereocenters. The van der Waals surface area contributed by atoms with Gasteiger partial charge in [-0.15, -0.1) is 0 Å². The first-order valence-electron chi connectivity index (χ1n) is 9.56. The molecule has 0 atom stereocenters. The number of hydrogen-bond acceptors (Lipinski definition) is 4. The number of halogens is 2. The Hall–Kier alpha value is -3.32. The summed E-state index contributed by atoms with van der Waals surface area (Å²) in [4.78, 5) is 30.5. The van der Waals surface area contributed by atoms with E-state index in [0.717, 1.165) is 11.1 Å². The van der Waals surface area contributed by atoms with Crippen molar-refractivity contribution in [2.45, 2.75) is 13.8 Å². The minimum Gasteiger partial charge on any atom is -0.345 e. The second kappa shape index (κ2) is 8.20. The van der Waals surface area contributed by atoms with Crippen LogP contribution in [0.5, 0.6) is 0 Å². The summed E-state index contributed by atoms with van der Waals surface area (Å²) in [6, 6.07) is 6.16. The average Bonchev–Trinajstić information content (AvgIpc) is 3.20. The van der Waals surface area contributed by atoms with Gasteiger partial charge in [0, 0.05) is 42.0 Å². The molecule has 8 heteroatoms. The van der Waals surface area contributed by atoms with E-state index in [0.29, 0.717) is 40.4 Å². The third-order valence-corrected chi connectivity index (χ3v) is 5.37. The lowest BCUT2D eigenvalue weighted by atomic mass is 10.0. The number of carbonyl (C=O) groups excluding carboxylic acids is 1. The third kappa shape index (κ3) is 3.52. The summed E-state index contributed by atoms with van der Waals surface area (Å²) < 4.78 is 13.3. The van der Waals surface area contributed by atoms with E-state index in [1.165, 1.54) is 18.3 Å². The lowest BCUT2D eigenvalue weighted by molar-refractivity contribution is 0.0767. The topological polar surface area (TPSA) is 74.8 Å². The fourth-order valence-corrected chi connectivity index (χ4v) is 3.70. The number of nitrogens with zero attached hydrogens (tertiary/aromatic N) is 4. The van der Waals surface area contributed by atoms with Gasteiger partial charge in [-0.1, -0.05) is 23.7 Å². The van der Waals surface area contributed by atoms with Crippen LogP contribution >= 0.6 is 11.6 Å². The van der Waals surface area contributed by atoms with Crippen molar-refractivity contribution in [3.63, 3.8) is 0 Å². The lowest BCUT2D eigenvalue weighted by Gasteiger charge is -2.18. The van der Waals surface area contributed by atoms with E-state index in [1.54, 1.807) is 35.6 Å². The highest BCUT2D eigenvalue weighted by Crippen LogP contribution is 2.38. The molecular weight excluding hydrogens is 405 g/mol. The number of fused-ring (bicyclic) bond motifs is 1. The molecule has 0 spiro atoms. The van der Waals surface area contributed by atoms with Crippen LogP contribution in [0.1, 0.15) is 24.3 Å². The van der Waals surface area contributed by atoms with Crippen molar-refractivity contribution in [3.05, 3.63) is 65.6 Å². The first-order chi connectivity index (χ1) is 14.5. The van der Waals surface area contributed by atoms with Gasteiger partial charge in [0.1, 0.15) is 17.2 Å². The monoisotopic (exact) mass is 423 g/mol. The van der Waals surface area contributed by atoms with E-state index in [1.807, 2.05) is 13.8 Å². The molecule has 4 rings (SSSR count). The second-order valence-corrected chi connectivity index (χ2v) is 7.06. The summed E-state index contributed by atoms with van der Waals surface area (Å²) in [7, 11) is 0. The standard InChI is InChI=1S/C22H19ClFN5O/c1-3-29(4-2)22(30)18-12-25-11-17(28-18)16-10-27-21-19(20(16)23)15(9-26-21)13-5-7-14(24)8-6-13/h5-12H,3-4H2,1-2H3,(H,26,27). The maximum absolute atomic E-state index is 13.3. The number of hydrogen-bond donors (Lipinski definition) is 1. The van der Waals surface area contributed by atoms with Gasteiger partial charge in [0.25, 0.3) is 5.91 Å². The number of H-pyrrole nitrogens is 1. The minimum absolute atomic E-state index is 0.187. The second-order valence-electron chi connectivity index (χ2n) is 6.69. The van der Waals surface area contributed by atoms with Gasteiger partial charge < -0.3 is 9.88 Å². The molecule has 0 saturated heterocycles. The van der Waals surface area contributed by atoms with Crippen LogP contribution in [0.3, 0.4) is 0 Å². The number of nitrogens with one attached hydrogen (secondary N) is 1. The van der Waals surface area contributed by atoms with Crippen molar-refractivity contribution in [3.8, 4) is 22.4 Å². The molecule has 3 heterocycles. The molecular formula is C22H19ClFN5O. The van der Waals surface area contributed by atoms with Crippen molar-refractivity contribution < 1.29 is 9.18 Å². The Balaban J connectivity index is 1.82. The smallest absolute Gasteiger partial charge is 0.274 e. The van der Waals surface area contributed by atoms with Crippen LogP contribution in [0.15, 0.2) is 49.1 Å². The van der Waals surface area contributed by atoms with Crippen molar-refractivity contribution >= 4 is 28.5 Å². The molecule has 4 aromatic rings. The summed E-state index contributed by atoms with van der Waals surface area (Å²) in [6.07, 6.45) is 6.39. The molecule has 0 radical (unpaired) electrons. The maximum Gasteiger partial charge on any atom is 0.274 e. The van der Waals surface area contributed by atoms with Crippen LogP contribution in [0.25, 0.3) is 33.4 Å². The number of amides is 1. The van der Waals surface area contributed by atoms with Crippen molar-refractivity contribution in [1.29, 1.82) is 0 Å². The van der Waals surface area contributed by atoms with Gasteiger partial charge in [-0.05, 0) is 31.5 Å². The number of aromatic amines is 1. The Morgan fingerprint density at radius 2 is 1.83 bits per heavy atom. The highest BCUT2D eigenvalue weighted by molar-refractivity contribution is 6.39. The van der Waals surface area contributed by atoms with Gasteiger partial charge in [-0.25, -0.2) is 14.4 Å². The van der Waals surface area contributed by atoms with Gasteiger partial charge in [-0.2, -0.15) is 0 Å². The lowest BCUT2D eigenvalue weighted by Crippen LogP contribution is -2.31. The van der Waals surface area contributed by atoms with Gasteiger partial charge >= 0.3 is 0 Å². The number of aromatic nitrogens is 4. The molecule has 6 nitrogen and oxygen atoms in total. The zero-order valence-corrected chi connectivity index (χ0v) is 17.2. The van der Waals surface area contributed by atoms with Crippen molar-refractivity contribution in [2.75, 3.05) is 13.1 Å². The minimum atomic E-state index is -0.312. The summed E-state index contributed by atoms with van der Waals surface area (Å²) >= 11 is 6.76. The van der Waals surface area contributed by atoms with Gasteiger partial charge in [0.05, 0.1) is 23.1 Å². The van der Waals surface area contributed by atoms with Gasteiger partial charge in [0.15, 0.2) is 0 Å². The largest absolute Gasteiger partial charge is 0.345 e. The Labute approximate surface area is 177 Å². The highest BCUT2D eigenvalue weighted by Gasteiger charge is 2.19. The molecule has 0 aliphatic rings. The molecule has 0 fully saturated rings. The zero-order chi connectivity index (χ0) is 21.3. The summed E-state index contributed by atoms with van der Waals surface area (Å²) in [5.41, 5.74) is 3.48. The maximum atomic E-state index is 13.3. The Morgan fingerprint density at radius 1 is 1.10 bits per heavy atom. The normalized spacial score (nSPS) is 11.1. The quantitative estimate of drug-likeness (QED) is 0.492. The van der Waals surface area contributed by atoms with Crippen LogP contribution in [-0.4, -0.2) is 43.8 Å². The highest BCUT2D eigenvalue weighted by atomic mass is 35.5. The zero-order valence-electron chi connectivity index (χ0n) is 16.5. The Bertz CT molecular complexity index is 1220. The van der Waals surface area contributed by atoms with Crippen LogP contribution < -0.4 is 0 Å². The number of carbonyl (C=O) groups is 1. The molecule has 1 N–H and O–H groups in total. The van der Waals surface area contributed by atoms with E-state index in [4.69, 9.17) is 11.6 Å². The number of rotatable bonds is 5. The predicted octanol–water partition coefficient (Wildman–Crippen LogP) is 4.96. The van der Waals surface area contributed by atoms with Crippen molar-refractivity contribution in [1.82, 2.24) is 24.8 Å². The van der Waals surface area contributed by atoms with Gasteiger partial charge in [-0.3, -0.25) is 9.78 Å². The summed E-state index contributed by atoms with van der Waals surface area (Å²) in [6.45, 7) is 4.99. The molecule has 0 bridgehead atoms. The molecule has 0 aliphatic carbocycles. The van der Waals surface area contributed by atoms with Crippen LogP contribution in [0.2, 0.25) is 5.02 Å². The Kier molecular flexibility index (Phi) is 5.46. The SMILES string of the molecule is CCN(CC)C(=O)c1cncc(-c2cnc3[nH]cc(-c4ccc(F)cc4)c3c2Cl)n1. The fraction of sp³-hybridized carbons (Fsp3) is 0.182.